The van der Waals surface area contributed by atoms with Crippen LogP contribution in [0.15, 0.2) is 35.5 Å². The maximum absolute atomic E-state index is 11.5. The SMILES string of the molecule is CC(C)c1ncc(-c2ccn(C)c(=O)c2)cn1. The van der Waals surface area contributed by atoms with Gasteiger partial charge in [0.1, 0.15) is 5.82 Å². The fourth-order valence-electron chi connectivity index (χ4n) is 1.51. The monoisotopic (exact) mass is 229 g/mol. The van der Waals surface area contributed by atoms with E-state index < -0.39 is 0 Å². The topological polar surface area (TPSA) is 47.8 Å². The summed E-state index contributed by atoms with van der Waals surface area (Å²) in [7, 11) is 1.73. The summed E-state index contributed by atoms with van der Waals surface area (Å²) in [5.41, 5.74) is 1.69. The Morgan fingerprint density at radius 3 is 2.35 bits per heavy atom. The molecule has 4 heteroatoms. The van der Waals surface area contributed by atoms with E-state index in [-0.39, 0.29) is 5.56 Å². The molecule has 2 heterocycles. The van der Waals surface area contributed by atoms with E-state index in [1.54, 1.807) is 31.7 Å². The van der Waals surface area contributed by atoms with E-state index in [1.807, 2.05) is 19.9 Å². The first-order valence-corrected chi connectivity index (χ1v) is 5.57. The molecule has 0 aliphatic rings. The van der Waals surface area contributed by atoms with Gasteiger partial charge in [0.2, 0.25) is 0 Å². The molecule has 0 radical (unpaired) electrons. The lowest BCUT2D eigenvalue weighted by Gasteiger charge is -2.05. The summed E-state index contributed by atoms with van der Waals surface area (Å²) in [5, 5.41) is 0. The highest BCUT2D eigenvalue weighted by atomic mass is 16.1. The van der Waals surface area contributed by atoms with Crippen molar-refractivity contribution >= 4 is 0 Å². The first-order valence-electron chi connectivity index (χ1n) is 5.57. The van der Waals surface area contributed by atoms with Gasteiger partial charge in [-0.05, 0) is 11.6 Å². The van der Waals surface area contributed by atoms with Crippen molar-refractivity contribution in [2.45, 2.75) is 19.8 Å². The number of hydrogen-bond donors (Lipinski definition) is 0. The Morgan fingerprint density at radius 1 is 1.18 bits per heavy atom. The average molecular weight is 229 g/mol. The van der Waals surface area contributed by atoms with E-state index in [4.69, 9.17) is 0 Å². The van der Waals surface area contributed by atoms with E-state index >= 15 is 0 Å². The molecule has 2 rings (SSSR count). The number of rotatable bonds is 2. The highest BCUT2D eigenvalue weighted by Gasteiger charge is 2.04. The van der Waals surface area contributed by atoms with Gasteiger partial charge in [-0.15, -0.1) is 0 Å². The van der Waals surface area contributed by atoms with Crippen LogP contribution in [0.1, 0.15) is 25.6 Å². The molecule has 0 aromatic carbocycles. The molecule has 0 aliphatic carbocycles. The second kappa shape index (κ2) is 4.49. The molecule has 0 aliphatic heterocycles. The van der Waals surface area contributed by atoms with Gasteiger partial charge in [0.25, 0.3) is 5.56 Å². The Labute approximate surface area is 100.0 Å². The zero-order valence-corrected chi connectivity index (χ0v) is 10.2. The minimum absolute atomic E-state index is 0.0320. The summed E-state index contributed by atoms with van der Waals surface area (Å²) in [6.07, 6.45) is 5.27. The van der Waals surface area contributed by atoms with Crippen molar-refractivity contribution in [1.29, 1.82) is 0 Å². The van der Waals surface area contributed by atoms with Crippen LogP contribution in [0.2, 0.25) is 0 Å². The van der Waals surface area contributed by atoms with E-state index in [2.05, 4.69) is 9.97 Å². The molecule has 0 unspecified atom stereocenters. The molecular formula is C13H15N3O. The molecule has 0 bridgehead atoms. The maximum Gasteiger partial charge on any atom is 0.250 e. The van der Waals surface area contributed by atoms with Gasteiger partial charge in [0.15, 0.2) is 0 Å². The maximum atomic E-state index is 11.5. The summed E-state index contributed by atoms with van der Waals surface area (Å²) in [4.78, 5) is 20.1. The van der Waals surface area contributed by atoms with Crippen LogP contribution in [0.4, 0.5) is 0 Å². The molecule has 0 fully saturated rings. The molecule has 0 spiro atoms. The van der Waals surface area contributed by atoms with Gasteiger partial charge in [-0.2, -0.15) is 0 Å². The van der Waals surface area contributed by atoms with Crippen molar-refractivity contribution in [3.63, 3.8) is 0 Å². The third-order valence-electron chi connectivity index (χ3n) is 2.63. The van der Waals surface area contributed by atoms with Crippen molar-refractivity contribution < 1.29 is 0 Å². The molecular weight excluding hydrogens is 214 g/mol. The number of pyridine rings is 1. The summed E-state index contributed by atoms with van der Waals surface area (Å²) in [6.45, 7) is 4.10. The molecule has 2 aromatic heterocycles. The van der Waals surface area contributed by atoms with Crippen LogP contribution in [0.25, 0.3) is 11.1 Å². The lowest BCUT2D eigenvalue weighted by atomic mass is 10.1. The normalized spacial score (nSPS) is 10.8. The van der Waals surface area contributed by atoms with Crippen LogP contribution in [-0.4, -0.2) is 14.5 Å². The zero-order valence-electron chi connectivity index (χ0n) is 10.2. The highest BCUT2D eigenvalue weighted by molar-refractivity contribution is 5.60. The molecule has 4 nitrogen and oxygen atoms in total. The van der Waals surface area contributed by atoms with Crippen LogP contribution in [0.5, 0.6) is 0 Å². The first-order chi connectivity index (χ1) is 8.08. The van der Waals surface area contributed by atoms with Crippen LogP contribution < -0.4 is 5.56 Å². The molecule has 0 saturated heterocycles. The van der Waals surface area contributed by atoms with Crippen LogP contribution in [-0.2, 0) is 7.05 Å². The summed E-state index contributed by atoms with van der Waals surface area (Å²) < 4.78 is 1.53. The van der Waals surface area contributed by atoms with Crippen LogP contribution in [0.3, 0.4) is 0 Å². The van der Waals surface area contributed by atoms with Crippen molar-refractivity contribution in [1.82, 2.24) is 14.5 Å². The summed E-state index contributed by atoms with van der Waals surface area (Å²) >= 11 is 0. The van der Waals surface area contributed by atoms with Gasteiger partial charge >= 0.3 is 0 Å². The summed E-state index contributed by atoms with van der Waals surface area (Å²) in [5.74, 6) is 1.13. The van der Waals surface area contributed by atoms with Crippen molar-refractivity contribution in [2.24, 2.45) is 7.05 Å². The minimum atomic E-state index is -0.0320. The van der Waals surface area contributed by atoms with Gasteiger partial charge in [-0.3, -0.25) is 4.79 Å². The Balaban J connectivity index is 2.40. The molecule has 0 amide bonds. The fraction of sp³-hybridized carbons (Fsp3) is 0.308. The fourth-order valence-corrected chi connectivity index (χ4v) is 1.51. The third kappa shape index (κ3) is 2.41. The Hall–Kier alpha value is -1.97. The van der Waals surface area contributed by atoms with E-state index in [9.17, 15) is 4.79 Å². The van der Waals surface area contributed by atoms with Crippen molar-refractivity contribution in [3.8, 4) is 11.1 Å². The largest absolute Gasteiger partial charge is 0.319 e. The third-order valence-corrected chi connectivity index (χ3v) is 2.63. The number of aryl methyl sites for hydroxylation is 1. The van der Waals surface area contributed by atoms with E-state index in [0.717, 1.165) is 17.0 Å². The van der Waals surface area contributed by atoms with Crippen LogP contribution in [0, 0.1) is 0 Å². The second-order valence-electron chi connectivity index (χ2n) is 4.35. The first kappa shape index (κ1) is 11.5. The standard InChI is InChI=1S/C13H15N3O/c1-9(2)13-14-7-11(8-15-13)10-4-5-16(3)12(17)6-10/h4-9H,1-3H3. The van der Waals surface area contributed by atoms with Gasteiger partial charge in [0.05, 0.1) is 0 Å². The second-order valence-corrected chi connectivity index (χ2v) is 4.35. The Morgan fingerprint density at radius 2 is 1.82 bits per heavy atom. The van der Waals surface area contributed by atoms with Crippen LogP contribution >= 0.6 is 0 Å². The Kier molecular flexibility index (Phi) is 3.04. The predicted molar refractivity (Wildman–Crippen MR) is 66.8 cm³/mol. The predicted octanol–water partition coefficient (Wildman–Crippen LogP) is 1.97. The highest BCUT2D eigenvalue weighted by Crippen LogP contribution is 2.16. The molecule has 0 N–H and O–H groups in total. The van der Waals surface area contributed by atoms with Gasteiger partial charge < -0.3 is 4.57 Å². The van der Waals surface area contributed by atoms with Gasteiger partial charge in [-0.1, -0.05) is 13.8 Å². The number of hydrogen-bond acceptors (Lipinski definition) is 3. The quantitative estimate of drug-likeness (QED) is 0.791. The minimum Gasteiger partial charge on any atom is -0.319 e. The lowest BCUT2D eigenvalue weighted by Crippen LogP contribution is -2.14. The smallest absolute Gasteiger partial charge is 0.250 e. The molecule has 17 heavy (non-hydrogen) atoms. The van der Waals surface area contributed by atoms with E-state index in [0.29, 0.717) is 5.92 Å². The van der Waals surface area contributed by atoms with Gasteiger partial charge in [0, 0.05) is 43.2 Å². The summed E-state index contributed by atoms with van der Waals surface area (Å²) in [6, 6.07) is 3.48. The van der Waals surface area contributed by atoms with Crippen molar-refractivity contribution in [3.05, 3.63) is 46.9 Å². The number of nitrogens with zero attached hydrogens (tertiary/aromatic N) is 3. The zero-order chi connectivity index (χ0) is 12.4. The molecule has 0 saturated carbocycles. The lowest BCUT2D eigenvalue weighted by molar-refractivity contribution is 0.774. The van der Waals surface area contributed by atoms with Gasteiger partial charge in [-0.25, -0.2) is 9.97 Å². The Bertz CT molecular complexity index is 570. The van der Waals surface area contributed by atoms with Crippen molar-refractivity contribution in [2.75, 3.05) is 0 Å². The number of aromatic nitrogens is 3. The van der Waals surface area contributed by atoms with E-state index in [1.165, 1.54) is 4.57 Å². The molecule has 0 atom stereocenters. The molecule has 88 valence electrons. The molecule has 2 aromatic rings. The average Bonchev–Trinajstić information content (AvgIpc) is 2.33.